The summed E-state index contributed by atoms with van der Waals surface area (Å²) in [5.74, 6) is 3.04. The van der Waals surface area contributed by atoms with Crippen LogP contribution in [0.1, 0.15) is 173 Å². The number of nitrogens with zero attached hydrogens (tertiary/aromatic N) is 3. The van der Waals surface area contributed by atoms with Crippen molar-refractivity contribution >= 4 is 55.5 Å². The molecular weight excluding hydrogens is 1210 g/mol. The average molecular weight is 1330 g/mol. The summed E-state index contributed by atoms with van der Waals surface area (Å²) in [5.41, 5.74) is 8.26. The maximum absolute atomic E-state index is 12.1. The number of nitrogens with two attached hydrogens (primary N) is 1. The summed E-state index contributed by atoms with van der Waals surface area (Å²) in [6.45, 7) is 31.6. The Hall–Kier alpha value is -4.26. The van der Waals surface area contributed by atoms with Crippen molar-refractivity contribution < 1.29 is 80.6 Å². The van der Waals surface area contributed by atoms with Crippen LogP contribution in [0.5, 0.6) is 0 Å². The molecule has 0 spiro atoms. The summed E-state index contributed by atoms with van der Waals surface area (Å²) in [7, 11) is 1.54. The predicted molar refractivity (Wildman–Crippen MR) is 356 cm³/mol. The van der Waals surface area contributed by atoms with Gasteiger partial charge in [-0.15, -0.1) is 0 Å². The number of aryl methyl sites for hydroxylation is 1. The van der Waals surface area contributed by atoms with Gasteiger partial charge in [0.2, 0.25) is 0 Å². The fraction of sp³-hybridized carbons (Fsp3) is 0.794. The molecule has 1 aromatic rings. The molecule has 21 nitrogen and oxygen atoms in total. The van der Waals surface area contributed by atoms with Crippen LogP contribution in [0, 0.1) is 53.3 Å². The zero-order valence-corrected chi connectivity index (χ0v) is 58.6. The number of aliphatic hydroxyl groups is 2. The van der Waals surface area contributed by atoms with Crippen LogP contribution >= 0.6 is 10.7 Å². The van der Waals surface area contributed by atoms with Crippen molar-refractivity contribution in [2.45, 2.75) is 185 Å². The second-order valence-electron chi connectivity index (χ2n) is 24.5. The number of aliphatic hydroxyl groups excluding tert-OH is 2. The standard InChI is InChI=1S/C37H63NO5.C11H21NO4.C10H19NO5.C7H7ClO2S.C2H7NO.CH4/c1-8-41-34(39)24-38(25-35(40)42-9-2)21-22-43-29-17-19-36(6)28(23-29)13-14-30-32-16-15-31(27(5)12-10-11-26(3)4)37(32,7)20-18-33(30)36;1-4-7-12(8-10(13)15-5-2)9-11(14)16-6-3;1-3-15-9(13)7-11(5-6-12)8-10(14)16-4-2;1-6-2-4-7(5-3-6)11(8,9)10;3-1-2-4;/h13,26-27,29-33H,8-12,14-25H2,1-7H3;4-9H2,1-3H3;12H,3-8H2,1-2H3;2-5H,1H3;4H,1-3H2;1H4/t27-,29+,30+,31-,32+,33+,36+,37-;;;;;/m1...../s1. The minimum Gasteiger partial charge on any atom is -0.465 e. The van der Waals surface area contributed by atoms with Crippen LogP contribution in [0.25, 0.3) is 0 Å². The first kappa shape index (κ1) is 86.7. The van der Waals surface area contributed by atoms with Gasteiger partial charge in [0.1, 0.15) is 0 Å². The number of rotatable bonds is 33. The Kier molecular flexibility index (Phi) is 45.4. The molecule has 0 bridgehead atoms. The maximum atomic E-state index is 12.1. The summed E-state index contributed by atoms with van der Waals surface area (Å²) in [6, 6.07) is 6.37. The topological polar surface area (TPSA) is 277 Å². The van der Waals surface area contributed by atoms with Crippen molar-refractivity contribution in [3.8, 4) is 0 Å². The lowest BCUT2D eigenvalue weighted by Crippen LogP contribution is -2.51. The largest absolute Gasteiger partial charge is 0.465 e. The lowest BCUT2D eigenvalue weighted by atomic mass is 9.47. The molecule has 0 aromatic heterocycles. The van der Waals surface area contributed by atoms with E-state index in [0.717, 1.165) is 60.3 Å². The first-order valence-corrected chi connectivity index (χ1v) is 35.4. The van der Waals surface area contributed by atoms with Gasteiger partial charge in [-0.2, -0.15) is 0 Å². The smallest absolute Gasteiger partial charge is 0.320 e. The first-order chi connectivity index (χ1) is 42.7. The molecule has 0 radical (unpaired) electrons. The van der Waals surface area contributed by atoms with E-state index in [2.05, 4.69) is 40.7 Å². The van der Waals surface area contributed by atoms with Gasteiger partial charge < -0.3 is 49.1 Å². The molecule has 0 saturated heterocycles. The van der Waals surface area contributed by atoms with Crippen molar-refractivity contribution in [3.05, 3.63) is 41.5 Å². The molecule has 4 aliphatic rings. The fourth-order valence-corrected chi connectivity index (χ4v) is 14.0. The van der Waals surface area contributed by atoms with E-state index in [0.29, 0.717) is 76.7 Å². The summed E-state index contributed by atoms with van der Waals surface area (Å²) in [6.07, 6.45) is 18.2. The zero-order valence-electron chi connectivity index (χ0n) is 57.1. The third kappa shape index (κ3) is 33.1. The highest BCUT2D eigenvalue weighted by atomic mass is 35.7. The molecule has 0 aliphatic heterocycles. The number of hydrogen-bond donors (Lipinski definition) is 3. The van der Waals surface area contributed by atoms with Crippen LogP contribution in [-0.2, 0) is 71.0 Å². The monoisotopic (exact) mass is 1330 g/mol. The van der Waals surface area contributed by atoms with Gasteiger partial charge in [0.05, 0.1) is 110 Å². The maximum Gasteiger partial charge on any atom is 0.320 e. The number of ether oxygens (including phenoxy) is 7. The van der Waals surface area contributed by atoms with Crippen molar-refractivity contribution in [1.29, 1.82) is 0 Å². The number of allylic oxidation sites excluding steroid dienone is 1. The highest BCUT2D eigenvalue weighted by molar-refractivity contribution is 8.13. The quantitative estimate of drug-likeness (QED) is 0.0255. The molecule has 1 aromatic carbocycles. The first-order valence-electron chi connectivity index (χ1n) is 33.0. The Labute approximate surface area is 552 Å². The summed E-state index contributed by atoms with van der Waals surface area (Å²) >= 11 is 0. The molecule has 5 rings (SSSR count). The second-order valence-corrected chi connectivity index (χ2v) is 27.0. The number of halogens is 1. The Bertz CT molecular complexity index is 2260. The summed E-state index contributed by atoms with van der Waals surface area (Å²) in [4.78, 5) is 74.2. The Morgan fingerprint density at radius 3 is 1.46 bits per heavy atom. The molecule has 91 heavy (non-hydrogen) atoms. The van der Waals surface area contributed by atoms with Crippen molar-refractivity contribution in [2.24, 2.45) is 52.1 Å². The summed E-state index contributed by atoms with van der Waals surface area (Å²) < 4.78 is 57.2. The lowest BCUT2D eigenvalue weighted by molar-refractivity contribution is -0.150. The van der Waals surface area contributed by atoms with Crippen LogP contribution in [-0.4, -0.2) is 200 Å². The zero-order chi connectivity index (χ0) is 67.9. The Morgan fingerprint density at radius 1 is 0.626 bits per heavy atom. The second kappa shape index (κ2) is 47.6. The lowest BCUT2D eigenvalue weighted by Gasteiger charge is -2.58. The molecule has 0 heterocycles. The van der Waals surface area contributed by atoms with E-state index in [-0.39, 0.29) is 101 Å². The van der Waals surface area contributed by atoms with Gasteiger partial charge in [0, 0.05) is 30.3 Å². The predicted octanol–water partition coefficient (Wildman–Crippen LogP) is 9.57. The Morgan fingerprint density at radius 2 is 1.07 bits per heavy atom. The molecule has 0 unspecified atom stereocenters. The number of fused-ring (bicyclic) bond motifs is 5. The number of carbonyl (C=O) groups excluding carboxylic acids is 6. The van der Waals surface area contributed by atoms with Gasteiger partial charge in [-0.1, -0.05) is 97.6 Å². The van der Waals surface area contributed by atoms with Crippen molar-refractivity contribution in [1.82, 2.24) is 14.7 Å². The average Bonchev–Trinajstić information content (AvgIpc) is 1.71. The van der Waals surface area contributed by atoms with Crippen LogP contribution in [0.15, 0.2) is 40.8 Å². The minimum atomic E-state index is -3.55. The van der Waals surface area contributed by atoms with E-state index in [9.17, 15) is 37.2 Å². The Balaban J connectivity index is 0.00000138. The molecule has 528 valence electrons. The van der Waals surface area contributed by atoms with E-state index < -0.39 is 21.0 Å². The van der Waals surface area contributed by atoms with Crippen LogP contribution in [0.4, 0.5) is 0 Å². The number of esters is 6. The third-order valence-electron chi connectivity index (χ3n) is 17.4. The van der Waals surface area contributed by atoms with E-state index in [4.69, 9.17) is 59.8 Å². The number of carbonyl (C=O) groups is 6. The van der Waals surface area contributed by atoms with Crippen LogP contribution in [0.2, 0.25) is 0 Å². The molecule has 8 atom stereocenters. The van der Waals surface area contributed by atoms with Crippen molar-refractivity contribution in [3.63, 3.8) is 0 Å². The van der Waals surface area contributed by atoms with Gasteiger partial charge in [-0.3, -0.25) is 43.5 Å². The van der Waals surface area contributed by atoms with E-state index >= 15 is 0 Å². The fourth-order valence-electron chi connectivity index (χ4n) is 13.3. The third-order valence-corrected chi connectivity index (χ3v) is 18.7. The van der Waals surface area contributed by atoms with Gasteiger partial charge >= 0.3 is 35.8 Å². The highest BCUT2D eigenvalue weighted by Crippen LogP contribution is 2.67. The van der Waals surface area contributed by atoms with Crippen LogP contribution in [0.3, 0.4) is 0 Å². The SMILES string of the molecule is C.CCCN(CC(=O)OCC)CC(=O)OCC.CCOC(=O)CN(CCO)CC(=O)OCC.CCOC(=O)CN(CCO[C@H]1CC[C@@]2(C)C(=CC[C@H]3[C@@H]4CC[C@H]([C@H](C)CCCC(C)C)[C@@]4(C)CC[C@@H]32)C1)CC(=O)OCC.Cc1ccc(S(=O)(=O)Cl)cc1.NCCO. The highest BCUT2D eigenvalue weighted by Gasteiger charge is 2.59. The van der Waals surface area contributed by atoms with Gasteiger partial charge in [-0.25, -0.2) is 8.42 Å². The van der Waals surface area contributed by atoms with Crippen LogP contribution < -0.4 is 5.73 Å². The van der Waals surface area contributed by atoms with E-state index in [1.54, 1.807) is 69.0 Å². The molecule has 3 saturated carbocycles. The number of hydrogen-bond acceptors (Lipinski definition) is 21. The van der Waals surface area contributed by atoms with Gasteiger partial charge in [0.25, 0.3) is 9.05 Å². The normalized spacial score (nSPS) is 21.5. The minimum absolute atomic E-state index is 0. The van der Waals surface area contributed by atoms with E-state index in [1.807, 2.05) is 13.8 Å². The molecule has 4 aliphatic carbocycles. The molecule has 4 N–H and O–H groups in total. The molecule has 23 heteroatoms. The molecular formula is C68H121ClN4O17S. The van der Waals surface area contributed by atoms with E-state index in [1.165, 1.54) is 74.8 Å². The molecule has 0 amide bonds. The molecule has 3 fully saturated rings. The van der Waals surface area contributed by atoms with Gasteiger partial charge in [0.15, 0.2) is 0 Å². The number of benzene rings is 1. The van der Waals surface area contributed by atoms with Crippen molar-refractivity contribution in [2.75, 3.05) is 125 Å². The van der Waals surface area contributed by atoms with Gasteiger partial charge in [-0.05, 0) is 171 Å². The summed E-state index contributed by atoms with van der Waals surface area (Å²) in [5, 5.41) is 16.5.